The average molecular weight is 266 g/mol. The summed E-state index contributed by atoms with van der Waals surface area (Å²) in [4.78, 5) is 11.4. The fourth-order valence-electron chi connectivity index (χ4n) is 1.56. The van der Waals surface area contributed by atoms with Gasteiger partial charge < -0.3 is 4.74 Å². The van der Waals surface area contributed by atoms with Crippen LogP contribution in [0.2, 0.25) is 0 Å². The maximum atomic E-state index is 11.4. The molecule has 6 heteroatoms. The highest BCUT2D eigenvalue weighted by atomic mass is 16.5. The minimum atomic E-state index is -0.446. The molecule has 1 rings (SSSR count). The van der Waals surface area contributed by atoms with Gasteiger partial charge in [-0.05, 0) is 25.1 Å². The number of hydrogen-bond donors (Lipinski definition) is 3. The first kappa shape index (κ1) is 15.3. The molecule has 6 nitrogen and oxygen atoms in total. The van der Waals surface area contributed by atoms with Crippen LogP contribution in [-0.4, -0.2) is 25.8 Å². The van der Waals surface area contributed by atoms with Crippen LogP contribution in [0, 0.1) is 0 Å². The van der Waals surface area contributed by atoms with Crippen molar-refractivity contribution in [3.8, 4) is 0 Å². The molecule has 0 atom stereocenters. The van der Waals surface area contributed by atoms with Crippen molar-refractivity contribution in [1.29, 1.82) is 0 Å². The molecular formula is C13H22N4O2. The number of carbonyl (C=O) groups is 1. The van der Waals surface area contributed by atoms with Gasteiger partial charge in [0.1, 0.15) is 0 Å². The van der Waals surface area contributed by atoms with Crippen molar-refractivity contribution in [3.05, 3.63) is 24.3 Å². The van der Waals surface area contributed by atoms with Crippen molar-refractivity contribution >= 4 is 17.5 Å². The number of anilines is 2. The lowest BCUT2D eigenvalue weighted by Crippen LogP contribution is -2.48. The first-order valence-electron chi connectivity index (χ1n) is 6.52. The van der Waals surface area contributed by atoms with E-state index in [1.54, 1.807) is 6.92 Å². The predicted molar refractivity (Wildman–Crippen MR) is 76.9 cm³/mol. The molecule has 0 spiro atoms. The van der Waals surface area contributed by atoms with Crippen molar-refractivity contribution < 1.29 is 9.53 Å². The maximum absolute atomic E-state index is 11.4. The molecule has 0 aromatic heterocycles. The Morgan fingerprint density at radius 3 is 2.47 bits per heavy atom. The Hall–Kier alpha value is -1.79. The standard InChI is InChI=1S/C13H22N4O2/c1-4-14-17(15-5-2)12-9-7-8-11(10-12)16-13(18)19-6-3/h7-10,14-15H,4-6H2,1-3H3,(H,16,18). The third-order valence-electron chi connectivity index (χ3n) is 2.26. The van der Waals surface area contributed by atoms with Crippen LogP contribution in [0.5, 0.6) is 0 Å². The van der Waals surface area contributed by atoms with Gasteiger partial charge >= 0.3 is 6.09 Å². The van der Waals surface area contributed by atoms with E-state index in [1.165, 1.54) is 0 Å². The minimum absolute atomic E-state index is 0.354. The van der Waals surface area contributed by atoms with E-state index in [0.29, 0.717) is 12.3 Å². The maximum Gasteiger partial charge on any atom is 0.411 e. The smallest absolute Gasteiger partial charge is 0.411 e. The van der Waals surface area contributed by atoms with Crippen LogP contribution < -0.4 is 21.3 Å². The second kappa shape index (κ2) is 8.34. The van der Waals surface area contributed by atoms with Crippen LogP contribution in [0.1, 0.15) is 20.8 Å². The quantitative estimate of drug-likeness (QED) is 0.660. The van der Waals surface area contributed by atoms with E-state index >= 15 is 0 Å². The molecule has 19 heavy (non-hydrogen) atoms. The Kier molecular flexibility index (Phi) is 6.70. The number of hydrogen-bond acceptors (Lipinski definition) is 5. The molecule has 0 heterocycles. The molecule has 0 aliphatic rings. The number of ether oxygens (including phenoxy) is 1. The summed E-state index contributed by atoms with van der Waals surface area (Å²) in [7, 11) is 0. The Balaban J connectivity index is 2.76. The Morgan fingerprint density at radius 1 is 1.21 bits per heavy atom. The lowest BCUT2D eigenvalue weighted by molar-refractivity contribution is 0.168. The molecule has 106 valence electrons. The van der Waals surface area contributed by atoms with Crippen LogP contribution in [0.4, 0.5) is 16.2 Å². The van der Waals surface area contributed by atoms with Gasteiger partial charge in [-0.3, -0.25) is 5.32 Å². The van der Waals surface area contributed by atoms with E-state index in [1.807, 2.05) is 43.2 Å². The van der Waals surface area contributed by atoms with Gasteiger partial charge in [-0.25, -0.2) is 20.8 Å². The number of amides is 1. The zero-order chi connectivity index (χ0) is 14.1. The molecular weight excluding hydrogens is 244 g/mol. The zero-order valence-electron chi connectivity index (χ0n) is 11.7. The van der Waals surface area contributed by atoms with Crippen LogP contribution in [0.15, 0.2) is 24.3 Å². The second-order valence-electron chi connectivity index (χ2n) is 3.75. The second-order valence-corrected chi connectivity index (χ2v) is 3.75. The Morgan fingerprint density at radius 2 is 1.89 bits per heavy atom. The lowest BCUT2D eigenvalue weighted by Gasteiger charge is -2.25. The molecule has 0 fully saturated rings. The number of hydrazine groups is 2. The minimum Gasteiger partial charge on any atom is -0.450 e. The summed E-state index contributed by atoms with van der Waals surface area (Å²) in [5, 5.41) is 4.51. The normalized spacial score (nSPS) is 10.1. The topological polar surface area (TPSA) is 65.6 Å². The Labute approximate surface area is 114 Å². The van der Waals surface area contributed by atoms with Gasteiger partial charge in [-0.2, -0.15) is 0 Å². The molecule has 1 aromatic rings. The van der Waals surface area contributed by atoms with E-state index in [-0.39, 0.29) is 0 Å². The first-order chi connectivity index (χ1) is 9.21. The largest absolute Gasteiger partial charge is 0.450 e. The van der Waals surface area contributed by atoms with E-state index in [9.17, 15) is 4.79 Å². The van der Waals surface area contributed by atoms with Gasteiger partial charge in [0, 0.05) is 18.8 Å². The number of nitrogens with zero attached hydrogens (tertiary/aromatic N) is 1. The number of benzene rings is 1. The molecule has 3 N–H and O–H groups in total. The van der Waals surface area contributed by atoms with Crippen molar-refractivity contribution in [3.63, 3.8) is 0 Å². The van der Waals surface area contributed by atoms with E-state index in [4.69, 9.17) is 4.74 Å². The number of carbonyl (C=O) groups excluding carboxylic acids is 1. The van der Waals surface area contributed by atoms with Crippen LogP contribution in [-0.2, 0) is 4.74 Å². The molecule has 1 amide bonds. The monoisotopic (exact) mass is 266 g/mol. The molecule has 0 aliphatic heterocycles. The van der Waals surface area contributed by atoms with Crippen LogP contribution in [0.25, 0.3) is 0 Å². The van der Waals surface area contributed by atoms with Gasteiger partial charge in [0.15, 0.2) is 0 Å². The molecule has 1 aromatic carbocycles. The van der Waals surface area contributed by atoms with E-state index in [0.717, 1.165) is 18.8 Å². The summed E-state index contributed by atoms with van der Waals surface area (Å²) in [6.07, 6.45) is -0.446. The predicted octanol–water partition coefficient (Wildman–Crippen LogP) is 2.11. The number of nitrogens with one attached hydrogen (secondary N) is 3. The molecule has 0 radical (unpaired) electrons. The van der Waals surface area contributed by atoms with Gasteiger partial charge in [-0.1, -0.05) is 19.9 Å². The summed E-state index contributed by atoms with van der Waals surface area (Å²) < 4.78 is 4.85. The lowest BCUT2D eigenvalue weighted by atomic mass is 10.3. The summed E-state index contributed by atoms with van der Waals surface area (Å²) in [6, 6.07) is 7.50. The summed E-state index contributed by atoms with van der Waals surface area (Å²) in [5.74, 6) is 0. The molecule has 0 saturated carbocycles. The van der Waals surface area contributed by atoms with Crippen LogP contribution >= 0.6 is 0 Å². The number of rotatable bonds is 7. The highest BCUT2D eigenvalue weighted by Gasteiger charge is 2.06. The van der Waals surface area contributed by atoms with E-state index < -0.39 is 6.09 Å². The average Bonchev–Trinajstić information content (AvgIpc) is 2.39. The summed E-state index contributed by atoms with van der Waals surface area (Å²) >= 11 is 0. The molecule has 0 aliphatic carbocycles. The summed E-state index contributed by atoms with van der Waals surface area (Å²) in [6.45, 7) is 7.75. The van der Waals surface area contributed by atoms with Crippen molar-refractivity contribution in [2.45, 2.75) is 20.8 Å². The molecule has 0 bridgehead atoms. The van der Waals surface area contributed by atoms with Crippen LogP contribution in [0.3, 0.4) is 0 Å². The molecule has 0 saturated heterocycles. The van der Waals surface area contributed by atoms with Gasteiger partial charge in [-0.15, -0.1) is 0 Å². The molecule has 0 unspecified atom stereocenters. The fraction of sp³-hybridized carbons (Fsp3) is 0.462. The zero-order valence-corrected chi connectivity index (χ0v) is 11.7. The third-order valence-corrected chi connectivity index (χ3v) is 2.26. The summed E-state index contributed by atoms with van der Waals surface area (Å²) in [5.41, 5.74) is 7.97. The fourth-order valence-corrected chi connectivity index (χ4v) is 1.56. The van der Waals surface area contributed by atoms with E-state index in [2.05, 4.69) is 16.2 Å². The first-order valence-corrected chi connectivity index (χ1v) is 6.52. The van der Waals surface area contributed by atoms with Gasteiger partial charge in [0.2, 0.25) is 0 Å². The van der Waals surface area contributed by atoms with Gasteiger partial charge in [0.05, 0.1) is 12.3 Å². The van der Waals surface area contributed by atoms with Crippen molar-refractivity contribution in [1.82, 2.24) is 10.9 Å². The highest BCUT2D eigenvalue weighted by Crippen LogP contribution is 2.17. The van der Waals surface area contributed by atoms with Crippen molar-refractivity contribution in [2.24, 2.45) is 0 Å². The Bertz CT molecular complexity index is 392. The highest BCUT2D eigenvalue weighted by molar-refractivity contribution is 5.85. The van der Waals surface area contributed by atoms with Crippen molar-refractivity contribution in [2.75, 3.05) is 30.1 Å². The SMILES string of the molecule is CCNN(NCC)c1cccc(NC(=O)OCC)c1. The van der Waals surface area contributed by atoms with Gasteiger partial charge in [0.25, 0.3) is 0 Å². The third kappa shape index (κ3) is 5.15.